The molecule has 1 saturated heterocycles. The number of methoxy groups -OCH3 is 1. The first kappa shape index (κ1) is 14.0. The molecule has 104 valence electrons. The predicted molar refractivity (Wildman–Crippen MR) is 74.7 cm³/mol. The number of rotatable bonds is 4. The van der Waals surface area contributed by atoms with Crippen molar-refractivity contribution in [2.45, 2.75) is 32.5 Å². The monoisotopic (exact) mass is 262 g/mol. The van der Waals surface area contributed by atoms with Gasteiger partial charge in [0.05, 0.1) is 18.7 Å². The molecule has 4 heteroatoms. The second-order valence-corrected chi connectivity index (χ2v) is 5.63. The molecular formula is C15H22N2O2. The molecule has 1 fully saturated rings. The molecule has 1 N–H and O–H groups in total. The molecule has 1 aliphatic heterocycles. The fourth-order valence-electron chi connectivity index (χ4n) is 2.37. The fourth-order valence-corrected chi connectivity index (χ4v) is 2.37. The third kappa shape index (κ3) is 2.96. The molecule has 0 bridgehead atoms. The van der Waals surface area contributed by atoms with Crippen LogP contribution in [0, 0.1) is 6.92 Å². The van der Waals surface area contributed by atoms with E-state index in [1.54, 1.807) is 7.11 Å². The van der Waals surface area contributed by atoms with E-state index in [1.807, 2.05) is 30.9 Å². The zero-order valence-electron chi connectivity index (χ0n) is 12.1. The standard InChI is InChI=1S/C15H22N2O2/c1-11-7-5-6-8-12(11)14-16-9-13(18)17(14)10-15(2,3)19-4/h5-8,14,16H,9-10H2,1-4H3. The van der Waals surface area contributed by atoms with Crippen LogP contribution in [0.2, 0.25) is 0 Å². The first-order valence-electron chi connectivity index (χ1n) is 6.58. The second-order valence-electron chi connectivity index (χ2n) is 5.63. The quantitative estimate of drug-likeness (QED) is 0.900. The van der Waals surface area contributed by atoms with Gasteiger partial charge in [0.25, 0.3) is 0 Å². The topological polar surface area (TPSA) is 41.6 Å². The van der Waals surface area contributed by atoms with E-state index in [-0.39, 0.29) is 17.7 Å². The van der Waals surface area contributed by atoms with Gasteiger partial charge < -0.3 is 9.64 Å². The smallest absolute Gasteiger partial charge is 0.238 e. The summed E-state index contributed by atoms with van der Waals surface area (Å²) in [5.74, 6) is 0.123. The summed E-state index contributed by atoms with van der Waals surface area (Å²) >= 11 is 0. The molecule has 1 unspecified atom stereocenters. The van der Waals surface area contributed by atoms with E-state index in [4.69, 9.17) is 4.74 Å². The predicted octanol–water partition coefficient (Wildman–Crippen LogP) is 1.85. The van der Waals surface area contributed by atoms with Gasteiger partial charge in [-0.05, 0) is 31.9 Å². The van der Waals surface area contributed by atoms with Crippen molar-refractivity contribution in [2.24, 2.45) is 0 Å². The highest BCUT2D eigenvalue weighted by Gasteiger charge is 2.35. The summed E-state index contributed by atoms with van der Waals surface area (Å²) < 4.78 is 5.44. The Hall–Kier alpha value is -1.39. The van der Waals surface area contributed by atoms with Crippen molar-refractivity contribution < 1.29 is 9.53 Å². The largest absolute Gasteiger partial charge is 0.377 e. The number of aryl methyl sites for hydroxylation is 1. The Morgan fingerprint density at radius 1 is 1.42 bits per heavy atom. The minimum Gasteiger partial charge on any atom is -0.377 e. The molecular weight excluding hydrogens is 240 g/mol. The van der Waals surface area contributed by atoms with Crippen LogP contribution in [0.5, 0.6) is 0 Å². The Balaban J connectivity index is 2.25. The zero-order valence-corrected chi connectivity index (χ0v) is 12.1. The molecule has 1 amide bonds. The number of carbonyl (C=O) groups is 1. The molecule has 1 atom stereocenters. The molecule has 19 heavy (non-hydrogen) atoms. The van der Waals surface area contributed by atoms with Crippen LogP contribution < -0.4 is 5.32 Å². The molecule has 0 aliphatic carbocycles. The van der Waals surface area contributed by atoms with E-state index in [0.29, 0.717) is 13.1 Å². The van der Waals surface area contributed by atoms with Crippen molar-refractivity contribution in [3.8, 4) is 0 Å². The minimum absolute atomic E-state index is 0.0527. The maximum Gasteiger partial charge on any atom is 0.238 e. The Morgan fingerprint density at radius 2 is 2.11 bits per heavy atom. The molecule has 1 aromatic carbocycles. The lowest BCUT2D eigenvalue weighted by Gasteiger charge is -2.33. The highest BCUT2D eigenvalue weighted by Crippen LogP contribution is 2.27. The van der Waals surface area contributed by atoms with Crippen LogP contribution in [0.4, 0.5) is 0 Å². The van der Waals surface area contributed by atoms with E-state index in [9.17, 15) is 4.79 Å². The van der Waals surface area contributed by atoms with Crippen LogP contribution in [0.15, 0.2) is 24.3 Å². The maximum atomic E-state index is 12.1. The first-order valence-corrected chi connectivity index (χ1v) is 6.58. The number of nitrogens with one attached hydrogen (secondary N) is 1. The Bertz CT molecular complexity index is 471. The average Bonchev–Trinajstić information content (AvgIpc) is 2.71. The molecule has 4 nitrogen and oxygen atoms in total. The van der Waals surface area contributed by atoms with E-state index < -0.39 is 0 Å². The SMILES string of the molecule is COC(C)(C)CN1C(=O)CNC1c1ccccc1C. The maximum absolute atomic E-state index is 12.1. The number of hydrogen-bond acceptors (Lipinski definition) is 3. The van der Waals surface area contributed by atoms with Crippen molar-refractivity contribution >= 4 is 5.91 Å². The van der Waals surface area contributed by atoms with Gasteiger partial charge in [-0.15, -0.1) is 0 Å². The van der Waals surface area contributed by atoms with Crippen LogP contribution in [0.3, 0.4) is 0 Å². The molecule has 1 heterocycles. The van der Waals surface area contributed by atoms with Crippen LogP contribution in [0.25, 0.3) is 0 Å². The van der Waals surface area contributed by atoms with Gasteiger partial charge in [-0.2, -0.15) is 0 Å². The zero-order chi connectivity index (χ0) is 14.0. The Kier molecular flexibility index (Phi) is 3.92. The lowest BCUT2D eigenvalue weighted by atomic mass is 10.0. The third-order valence-corrected chi connectivity index (χ3v) is 3.67. The second kappa shape index (κ2) is 5.31. The number of hydrogen-bond donors (Lipinski definition) is 1. The summed E-state index contributed by atoms with van der Waals surface area (Å²) in [5.41, 5.74) is 2.00. The summed E-state index contributed by atoms with van der Waals surface area (Å²) in [6, 6.07) is 8.16. The van der Waals surface area contributed by atoms with Gasteiger partial charge in [0.1, 0.15) is 6.17 Å². The van der Waals surface area contributed by atoms with Crippen LogP contribution in [0.1, 0.15) is 31.1 Å². The van der Waals surface area contributed by atoms with E-state index in [1.165, 1.54) is 5.56 Å². The lowest BCUT2D eigenvalue weighted by molar-refractivity contribution is -0.131. The van der Waals surface area contributed by atoms with Crippen molar-refractivity contribution in [3.63, 3.8) is 0 Å². The summed E-state index contributed by atoms with van der Waals surface area (Å²) in [4.78, 5) is 13.9. The van der Waals surface area contributed by atoms with Gasteiger partial charge in [-0.3, -0.25) is 10.1 Å². The molecule has 2 rings (SSSR count). The Morgan fingerprint density at radius 3 is 2.74 bits per heavy atom. The number of nitrogens with zero attached hydrogens (tertiary/aromatic N) is 1. The van der Waals surface area contributed by atoms with Gasteiger partial charge in [0.2, 0.25) is 5.91 Å². The highest BCUT2D eigenvalue weighted by molar-refractivity contribution is 5.81. The van der Waals surface area contributed by atoms with E-state index >= 15 is 0 Å². The number of ether oxygens (including phenoxy) is 1. The van der Waals surface area contributed by atoms with Crippen molar-refractivity contribution in [2.75, 3.05) is 20.2 Å². The van der Waals surface area contributed by atoms with Gasteiger partial charge in [-0.1, -0.05) is 24.3 Å². The fraction of sp³-hybridized carbons (Fsp3) is 0.533. The highest BCUT2D eigenvalue weighted by atomic mass is 16.5. The lowest BCUT2D eigenvalue weighted by Crippen LogP contribution is -2.43. The van der Waals surface area contributed by atoms with Gasteiger partial charge >= 0.3 is 0 Å². The van der Waals surface area contributed by atoms with E-state index in [2.05, 4.69) is 24.4 Å². The molecule has 0 spiro atoms. The molecule has 0 saturated carbocycles. The summed E-state index contributed by atoms with van der Waals surface area (Å²) in [6.07, 6.45) is -0.0527. The van der Waals surface area contributed by atoms with Gasteiger partial charge in [0.15, 0.2) is 0 Å². The van der Waals surface area contributed by atoms with Crippen molar-refractivity contribution in [1.82, 2.24) is 10.2 Å². The first-order chi connectivity index (χ1) is 8.94. The third-order valence-electron chi connectivity index (χ3n) is 3.67. The molecule has 0 aromatic heterocycles. The summed E-state index contributed by atoms with van der Waals surface area (Å²) in [6.45, 7) is 7.02. The van der Waals surface area contributed by atoms with E-state index in [0.717, 1.165) is 5.56 Å². The number of carbonyl (C=O) groups excluding carboxylic acids is 1. The average molecular weight is 262 g/mol. The molecule has 1 aliphatic rings. The molecule has 1 aromatic rings. The van der Waals surface area contributed by atoms with Crippen LogP contribution in [-0.2, 0) is 9.53 Å². The summed E-state index contributed by atoms with van der Waals surface area (Å²) in [7, 11) is 1.68. The summed E-state index contributed by atoms with van der Waals surface area (Å²) in [5, 5.41) is 3.28. The van der Waals surface area contributed by atoms with Gasteiger partial charge in [-0.25, -0.2) is 0 Å². The molecule has 0 radical (unpaired) electrons. The van der Waals surface area contributed by atoms with Crippen molar-refractivity contribution in [1.29, 1.82) is 0 Å². The van der Waals surface area contributed by atoms with Crippen LogP contribution >= 0.6 is 0 Å². The number of benzene rings is 1. The van der Waals surface area contributed by atoms with Gasteiger partial charge in [0, 0.05) is 7.11 Å². The minimum atomic E-state index is -0.345. The van der Waals surface area contributed by atoms with Crippen LogP contribution in [-0.4, -0.2) is 36.6 Å². The normalized spacial score (nSPS) is 20.1. The van der Waals surface area contributed by atoms with Crippen molar-refractivity contribution in [3.05, 3.63) is 35.4 Å². The number of amides is 1. The Labute approximate surface area is 114 Å².